The third-order valence-corrected chi connectivity index (χ3v) is 9.03. The van der Waals surface area contributed by atoms with Crippen LogP contribution in [0.3, 0.4) is 0 Å². The number of benzene rings is 2. The van der Waals surface area contributed by atoms with E-state index in [9.17, 15) is 26.4 Å². The summed E-state index contributed by atoms with van der Waals surface area (Å²) in [6.45, 7) is 3.74. The summed E-state index contributed by atoms with van der Waals surface area (Å²) in [6.07, 6.45) is -7.09. The van der Waals surface area contributed by atoms with Crippen molar-refractivity contribution < 1.29 is 31.1 Å². The summed E-state index contributed by atoms with van der Waals surface area (Å²) in [5.74, 6) is -1.59. The highest BCUT2D eigenvalue weighted by molar-refractivity contribution is 7.92. The van der Waals surface area contributed by atoms with Crippen molar-refractivity contribution in [2.24, 2.45) is 0 Å². The van der Waals surface area contributed by atoms with Gasteiger partial charge in [0.15, 0.2) is 9.84 Å². The largest absolute Gasteiger partial charge is 0.391 e. The van der Waals surface area contributed by atoms with E-state index in [4.69, 9.17) is 27.9 Å². The highest BCUT2D eigenvalue weighted by atomic mass is 35.5. The van der Waals surface area contributed by atoms with Gasteiger partial charge in [0.05, 0.1) is 29.0 Å². The Morgan fingerprint density at radius 3 is 2.20 bits per heavy atom. The van der Waals surface area contributed by atoms with Gasteiger partial charge in [-0.3, -0.25) is 4.79 Å². The van der Waals surface area contributed by atoms with Gasteiger partial charge in [-0.05, 0) is 56.2 Å². The van der Waals surface area contributed by atoms with Gasteiger partial charge in [-0.25, -0.2) is 8.42 Å². The van der Waals surface area contributed by atoms with Crippen LogP contribution in [0, 0.1) is 0 Å². The number of sulfone groups is 1. The lowest BCUT2D eigenvalue weighted by Gasteiger charge is -2.46. The molecule has 3 rings (SSSR count). The minimum absolute atomic E-state index is 0.381. The first-order valence-electron chi connectivity index (χ1n) is 10.8. The van der Waals surface area contributed by atoms with Crippen LogP contribution in [-0.2, 0) is 19.4 Å². The van der Waals surface area contributed by atoms with Crippen molar-refractivity contribution in [3.05, 3.63) is 69.7 Å². The Hall–Kier alpha value is -1.81. The van der Waals surface area contributed by atoms with Crippen LogP contribution in [0.1, 0.15) is 50.5 Å². The fourth-order valence-corrected chi connectivity index (χ4v) is 5.63. The molecule has 192 valence electrons. The van der Waals surface area contributed by atoms with E-state index in [-0.39, 0.29) is 0 Å². The van der Waals surface area contributed by atoms with Crippen LogP contribution >= 0.6 is 23.2 Å². The highest BCUT2D eigenvalue weighted by Gasteiger charge is 2.48. The van der Waals surface area contributed by atoms with Gasteiger partial charge in [0.1, 0.15) is 12.7 Å². The molecule has 1 fully saturated rings. The molecule has 0 spiro atoms. The second-order valence-electron chi connectivity index (χ2n) is 9.45. The Morgan fingerprint density at radius 2 is 1.66 bits per heavy atom. The molecule has 1 amide bonds. The van der Waals surface area contributed by atoms with Crippen LogP contribution in [0.15, 0.2) is 48.5 Å². The Kier molecular flexibility index (Phi) is 8.16. The van der Waals surface area contributed by atoms with E-state index >= 15 is 0 Å². The Morgan fingerprint density at radius 1 is 1.03 bits per heavy atom. The number of amides is 1. The van der Waals surface area contributed by atoms with Gasteiger partial charge < -0.3 is 9.64 Å². The van der Waals surface area contributed by atoms with Crippen molar-refractivity contribution in [3.8, 4) is 0 Å². The molecule has 5 nitrogen and oxygen atoms in total. The van der Waals surface area contributed by atoms with Gasteiger partial charge in [0.25, 0.3) is 0 Å². The third-order valence-electron chi connectivity index (χ3n) is 5.85. The molecule has 1 unspecified atom stereocenters. The zero-order chi connectivity index (χ0) is 26.2. The van der Waals surface area contributed by atoms with E-state index in [0.717, 1.165) is 4.90 Å². The lowest BCUT2D eigenvalue weighted by atomic mass is 9.91. The topological polar surface area (TPSA) is 63.7 Å². The molecular weight excluding hydrogens is 526 g/mol. The minimum atomic E-state index is -4.72. The van der Waals surface area contributed by atoms with Gasteiger partial charge in [0, 0.05) is 10.0 Å². The van der Waals surface area contributed by atoms with Crippen LogP contribution < -0.4 is 0 Å². The predicted octanol–water partition coefficient (Wildman–Crippen LogP) is 6.17. The number of hydrogen-bond acceptors (Lipinski definition) is 4. The van der Waals surface area contributed by atoms with Crippen LogP contribution in [-0.4, -0.2) is 48.5 Å². The second kappa shape index (κ2) is 10.3. The number of morpholine rings is 1. The molecule has 3 atom stereocenters. The smallest absolute Gasteiger partial charge is 0.361 e. The van der Waals surface area contributed by atoms with Gasteiger partial charge in [-0.2, -0.15) is 13.2 Å². The molecule has 35 heavy (non-hydrogen) atoms. The van der Waals surface area contributed by atoms with Crippen LogP contribution in [0.2, 0.25) is 10.0 Å². The van der Waals surface area contributed by atoms with E-state index < -0.39 is 63.6 Å². The molecule has 2 aromatic rings. The van der Waals surface area contributed by atoms with Gasteiger partial charge in [-0.1, -0.05) is 47.5 Å². The molecule has 0 aromatic heterocycles. The number of nitrogens with zero attached hydrogens (tertiary/aromatic N) is 1. The van der Waals surface area contributed by atoms with Crippen LogP contribution in [0.4, 0.5) is 13.2 Å². The van der Waals surface area contributed by atoms with Gasteiger partial charge >= 0.3 is 6.18 Å². The predicted molar refractivity (Wildman–Crippen MR) is 129 cm³/mol. The molecule has 2 aromatic carbocycles. The maximum Gasteiger partial charge on any atom is 0.391 e. The quantitative estimate of drug-likeness (QED) is 0.430. The molecule has 11 heteroatoms. The SMILES string of the molecule is CC(C)(C)S(=O)(=O)CC(CC(F)(F)F)N1C(=O)CO[C@H](c2cccc(Cl)c2)[C@H]1c1ccc(Cl)cc1. The number of hydrogen-bond donors (Lipinski definition) is 0. The molecule has 0 saturated carbocycles. The number of ether oxygens (including phenoxy) is 1. The molecule has 0 bridgehead atoms. The van der Waals surface area contributed by atoms with E-state index in [0.29, 0.717) is 21.2 Å². The molecule has 1 heterocycles. The summed E-state index contributed by atoms with van der Waals surface area (Å²) in [5, 5.41) is 0.774. The Balaban J connectivity index is 2.18. The summed E-state index contributed by atoms with van der Waals surface area (Å²) < 4.78 is 71.7. The first-order chi connectivity index (χ1) is 16.1. The van der Waals surface area contributed by atoms with Crippen LogP contribution in [0.5, 0.6) is 0 Å². The third kappa shape index (κ3) is 6.70. The molecule has 0 N–H and O–H groups in total. The standard InChI is InChI=1S/C24H26Cl2F3NO4S/c1-23(2,3)35(32,33)14-19(12-24(27,28)29)30-20(31)13-34-22(16-5-4-6-18(26)11-16)21(30)15-7-9-17(25)10-8-15/h4-11,19,21-22H,12-14H2,1-3H3/t19?,21-,22-/m1/s1. The molecule has 1 aliphatic heterocycles. The van der Waals surface area contributed by atoms with Crippen molar-refractivity contribution >= 4 is 38.9 Å². The zero-order valence-corrected chi connectivity index (χ0v) is 21.7. The normalized spacial score (nSPS) is 20.7. The monoisotopic (exact) mass is 551 g/mol. The maximum atomic E-state index is 13.7. The number of carbonyl (C=O) groups excluding carboxylic acids is 1. The minimum Gasteiger partial charge on any atom is -0.361 e. The molecule has 0 aliphatic carbocycles. The number of alkyl halides is 3. The van der Waals surface area contributed by atoms with Gasteiger partial charge in [-0.15, -0.1) is 0 Å². The summed E-state index contributed by atoms with van der Waals surface area (Å²) in [6, 6.07) is 10.2. The molecule has 1 saturated heterocycles. The summed E-state index contributed by atoms with van der Waals surface area (Å²) in [5.41, 5.74) is 0.993. The fourth-order valence-electron chi connectivity index (χ4n) is 4.02. The second-order valence-corrected chi connectivity index (χ2v) is 13.1. The van der Waals surface area contributed by atoms with Crippen LogP contribution in [0.25, 0.3) is 0 Å². The zero-order valence-electron chi connectivity index (χ0n) is 19.4. The average molecular weight is 552 g/mol. The fraction of sp³-hybridized carbons (Fsp3) is 0.458. The van der Waals surface area contributed by atoms with E-state index in [1.807, 2.05) is 0 Å². The van der Waals surface area contributed by atoms with Crippen molar-refractivity contribution in [1.82, 2.24) is 4.90 Å². The van der Waals surface area contributed by atoms with Gasteiger partial charge in [0.2, 0.25) is 5.91 Å². The first-order valence-corrected chi connectivity index (χ1v) is 13.2. The van der Waals surface area contributed by atoms with E-state index in [2.05, 4.69) is 0 Å². The number of carbonyl (C=O) groups is 1. The molecule has 0 radical (unpaired) electrons. The van der Waals surface area contributed by atoms with Crippen molar-refractivity contribution in [1.29, 1.82) is 0 Å². The number of halogens is 5. The van der Waals surface area contributed by atoms with Crippen molar-refractivity contribution in [2.75, 3.05) is 12.4 Å². The Labute approximate surface area is 213 Å². The summed E-state index contributed by atoms with van der Waals surface area (Å²) >= 11 is 12.2. The van der Waals surface area contributed by atoms with Crippen molar-refractivity contribution in [3.63, 3.8) is 0 Å². The molecular formula is C24H26Cl2F3NO4S. The average Bonchev–Trinajstić information content (AvgIpc) is 2.71. The van der Waals surface area contributed by atoms with E-state index in [1.165, 1.54) is 20.8 Å². The summed E-state index contributed by atoms with van der Waals surface area (Å²) in [4.78, 5) is 14.2. The lowest BCUT2D eigenvalue weighted by Crippen LogP contribution is -2.55. The summed E-state index contributed by atoms with van der Waals surface area (Å²) in [7, 11) is -4.02. The Bertz CT molecular complexity index is 1160. The first kappa shape index (κ1) is 27.8. The number of rotatable bonds is 6. The maximum absolute atomic E-state index is 13.7. The lowest BCUT2D eigenvalue weighted by molar-refractivity contribution is -0.176. The highest BCUT2D eigenvalue weighted by Crippen LogP contribution is 2.44. The van der Waals surface area contributed by atoms with Crippen molar-refractivity contribution in [2.45, 2.75) is 56.3 Å². The van der Waals surface area contributed by atoms with E-state index in [1.54, 1.807) is 48.5 Å². The molecule has 1 aliphatic rings.